The summed E-state index contributed by atoms with van der Waals surface area (Å²) in [5.41, 5.74) is 1.68. The van der Waals surface area contributed by atoms with Crippen LogP contribution in [0.2, 0.25) is 0 Å². The van der Waals surface area contributed by atoms with E-state index in [0.29, 0.717) is 0 Å². The molecule has 0 radical (unpaired) electrons. The number of Topliss-reactive ketones (excluding diaryl/α,β-unsaturated/α-hetero) is 1. The Morgan fingerprint density at radius 1 is 0.955 bits per heavy atom. The molecule has 0 amide bonds. The monoisotopic (exact) mass is 292 g/mol. The van der Waals surface area contributed by atoms with Gasteiger partial charge in [-0.25, -0.2) is 9.78 Å². The van der Waals surface area contributed by atoms with Crippen molar-refractivity contribution in [2.75, 3.05) is 0 Å². The maximum absolute atomic E-state index is 12.4. The second kappa shape index (κ2) is 5.73. The molecule has 22 heavy (non-hydrogen) atoms. The zero-order chi connectivity index (χ0) is 15.5. The molecule has 2 heterocycles. The number of carbonyl (C=O) groups is 2. The number of benzene rings is 1. The Bertz CT molecular complexity index is 869. The molecule has 0 aliphatic rings. The van der Waals surface area contributed by atoms with E-state index in [-0.39, 0.29) is 23.6 Å². The van der Waals surface area contributed by atoms with Crippen LogP contribution in [0.4, 0.5) is 0 Å². The number of pyridine rings is 2. The molecule has 2 aromatic heterocycles. The van der Waals surface area contributed by atoms with Crippen LogP contribution in [0, 0.1) is 0 Å². The Labute approximate surface area is 126 Å². The van der Waals surface area contributed by atoms with Crippen molar-refractivity contribution in [2.24, 2.45) is 0 Å². The van der Waals surface area contributed by atoms with Gasteiger partial charge in [-0.1, -0.05) is 24.3 Å². The number of hydrogen-bond acceptors (Lipinski definition) is 4. The van der Waals surface area contributed by atoms with Gasteiger partial charge in [-0.15, -0.1) is 0 Å². The van der Waals surface area contributed by atoms with Crippen molar-refractivity contribution in [1.82, 2.24) is 9.97 Å². The summed E-state index contributed by atoms with van der Waals surface area (Å²) in [4.78, 5) is 31.4. The molecular formula is C17H12N2O3. The van der Waals surface area contributed by atoms with Gasteiger partial charge < -0.3 is 5.11 Å². The van der Waals surface area contributed by atoms with Gasteiger partial charge in [0.25, 0.3) is 0 Å². The molecule has 3 rings (SSSR count). The van der Waals surface area contributed by atoms with E-state index in [1.807, 2.05) is 24.3 Å². The third-order valence-electron chi connectivity index (χ3n) is 3.34. The van der Waals surface area contributed by atoms with Gasteiger partial charge in [-0.3, -0.25) is 9.78 Å². The SMILES string of the molecule is O=C(O)c1cccc(C(=O)Cc2ccnc3ccccc23)n1. The van der Waals surface area contributed by atoms with Gasteiger partial charge in [-0.05, 0) is 29.8 Å². The zero-order valence-electron chi connectivity index (χ0n) is 11.6. The average molecular weight is 292 g/mol. The molecular weight excluding hydrogens is 280 g/mol. The van der Waals surface area contributed by atoms with E-state index in [0.717, 1.165) is 16.5 Å². The van der Waals surface area contributed by atoms with E-state index in [4.69, 9.17) is 5.11 Å². The molecule has 0 aliphatic carbocycles. The highest BCUT2D eigenvalue weighted by Crippen LogP contribution is 2.18. The maximum atomic E-state index is 12.4. The van der Waals surface area contributed by atoms with Crippen molar-refractivity contribution < 1.29 is 14.7 Å². The van der Waals surface area contributed by atoms with Crippen LogP contribution in [0.1, 0.15) is 26.5 Å². The summed E-state index contributed by atoms with van der Waals surface area (Å²) in [7, 11) is 0. The quantitative estimate of drug-likeness (QED) is 0.748. The van der Waals surface area contributed by atoms with E-state index in [1.165, 1.54) is 18.2 Å². The summed E-state index contributed by atoms with van der Waals surface area (Å²) in [6.45, 7) is 0. The maximum Gasteiger partial charge on any atom is 0.354 e. The van der Waals surface area contributed by atoms with Crippen molar-refractivity contribution in [3.05, 3.63) is 71.7 Å². The zero-order valence-corrected chi connectivity index (χ0v) is 11.6. The topological polar surface area (TPSA) is 80.1 Å². The van der Waals surface area contributed by atoms with Gasteiger partial charge >= 0.3 is 5.97 Å². The molecule has 0 spiro atoms. The van der Waals surface area contributed by atoms with E-state index in [1.54, 1.807) is 12.3 Å². The molecule has 0 atom stereocenters. The third kappa shape index (κ3) is 2.69. The number of aromatic carboxylic acids is 1. The Morgan fingerprint density at radius 2 is 1.73 bits per heavy atom. The van der Waals surface area contributed by atoms with Crippen LogP contribution in [-0.2, 0) is 6.42 Å². The predicted molar refractivity (Wildman–Crippen MR) is 81.0 cm³/mol. The minimum absolute atomic E-state index is 0.134. The number of fused-ring (bicyclic) bond motifs is 1. The summed E-state index contributed by atoms with van der Waals surface area (Å²) in [5, 5.41) is 9.85. The van der Waals surface area contributed by atoms with Crippen LogP contribution in [-0.4, -0.2) is 26.8 Å². The van der Waals surface area contributed by atoms with Crippen LogP contribution in [0.5, 0.6) is 0 Å². The van der Waals surface area contributed by atoms with Crippen molar-refractivity contribution in [3.63, 3.8) is 0 Å². The normalized spacial score (nSPS) is 10.5. The fraction of sp³-hybridized carbons (Fsp3) is 0.0588. The van der Waals surface area contributed by atoms with Crippen LogP contribution in [0.15, 0.2) is 54.7 Å². The van der Waals surface area contributed by atoms with Crippen molar-refractivity contribution in [3.8, 4) is 0 Å². The standard InChI is InChI=1S/C17H12N2O3/c20-16(14-6-3-7-15(19-14)17(21)22)10-11-8-9-18-13-5-2-1-4-12(11)13/h1-9H,10H2,(H,21,22). The van der Waals surface area contributed by atoms with E-state index >= 15 is 0 Å². The molecule has 1 aromatic carbocycles. The lowest BCUT2D eigenvalue weighted by Crippen LogP contribution is -2.10. The first-order valence-electron chi connectivity index (χ1n) is 6.71. The second-order valence-electron chi connectivity index (χ2n) is 4.80. The Hall–Kier alpha value is -3.08. The number of hydrogen-bond donors (Lipinski definition) is 1. The van der Waals surface area contributed by atoms with Crippen molar-refractivity contribution in [2.45, 2.75) is 6.42 Å². The Balaban J connectivity index is 1.93. The van der Waals surface area contributed by atoms with Gasteiger partial charge in [0.2, 0.25) is 0 Å². The van der Waals surface area contributed by atoms with Gasteiger partial charge in [0.15, 0.2) is 5.78 Å². The summed E-state index contributed by atoms with van der Waals surface area (Å²) < 4.78 is 0. The van der Waals surface area contributed by atoms with Crippen molar-refractivity contribution >= 4 is 22.7 Å². The number of carboxylic acids is 1. The smallest absolute Gasteiger partial charge is 0.354 e. The largest absolute Gasteiger partial charge is 0.477 e. The molecule has 0 bridgehead atoms. The number of para-hydroxylation sites is 1. The lowest BCUT2D eigenvalue weighted by molar-refractivity contribution is 0.0690. The Kier molecular flexibility index (Phi) is 3.62. The first-order valence-corrected chi connectivity index (χ1v) is 6.71. The highest BCUT2D eigenvalue weighted by atomic mass is 16.4. The number of carboxylic acid groups (broad SMARTS) is 1. The number of nitrogens with zero attached hydrogens (tertiary/aromatic N) is 2. The van der Waals surface area contributed by atoms with E-state index in [9.17, 15) is 9.59 Å². The van der Waals surface area contributed by atoms with Crippen LogP contribution < -0.4 is 0 Å². The molecule has 0 aliphatic heterocycles. The van der Waals surface area contributed by atoms with E-state index in [2.05, 4.69) is 9.97 Å². The molecule has 5 heteroatoms. The average Bonchev–Trinajstić information content (AvgIpc) is 2.55. The van der Waals surface area contributed by atoms with Crippen LogP contribution >= 0.6 is 0 Å². The van der Waals surface area contributed by atoms with Gasteiger partial charge in [0.05, 0.1) is 5.52 Å². The first kappa shape index (κ1) is 13.9. The molecule has 3 aromatic rings. The fourth-order valence-electron chi connectivity index (χ4n) is 2.28. The van der Waals surface area contributed by atoms with Crippen LogP contribution in [0.3, 0.4) is 0 Å². The molecule has 0 saturated heterocycles. The van der Waals surface area contributed by atoms with Gasteiger partial charge in [0, 0.05) is 18.0 Å². The molecule has 0 saturated carbocycles. The van der Waals surface area contributed by atoms with Crippen molar-refractivity contribution in [1.29, 1.82) is 0 Å². The molecule has 5 nitrogen and oxygen atoms in total. The summed E-state index contributed by atoms with van der Waals surface area (Å²) in [6.07, 6.45) is 1.81. The van der Waals surface area contributed by atoms with Crippen LogP contribution in [0.25, 0.3) is 10.9 Å². The van der Waals surface area contributed by atoms with Gasteiger partial charge in [-0.2, -0.15) is 0 Å². The van der Waals surface area contributed by atoms with E-state index < -0.39 is 5.97 Å². The second-order valence-corrected chi connectivity index (χ2v) is 4.80. The number of carbonyl (C=O) groups excluding carboxylic acids is 1. The number of aromatic nitrogens is 2. The lowest BCUT2D eigenvalue weighted by Gasteiger charge is -2.05. The lowest BCUT2D eigenvalue weighted by atomic mass is 10.0. The fourth-order valence-corrected chi connectivity index (χ4v) is 2.28. The highest BCUT2D eigenvalue weighted by Gasteiger charge is 2.13. The summed E-state index contributed by atoms with van der Waals surface area (Å²) in [5.74, 6) is -1.37. The molecule has 1 N–H and O–H groups in total. The third-order valence-corrected chi connectivity index (χ3v) is 3.34. The summed E-state index contributed by atoms with van der Waals surface area (Å²) in [6, 6.07) is 13.8. The summed E-state index contributed by atoms with van der Waals surface area (Å²) >= 11 is 0. The molecule has 0 fully saturated rings. The van der Waals surface area contributed by atoms with Gasteiger partial charge in [0.1, 0.15) is 11.4 Å². The minimum Gasteiger partial charge on any atom is -0.477 e. The predicted octanol–water partition coefficient (Wildman–Crippen LogP) is 2.75. The number of ketones is 1. The first-order chi connectivity index (χ1) is 10.6. The highest BCUT2D eigenvalue weighted by molar-refractivity contribution is 5.99. The minimum atomic E-state index is -1.15. The molecule has 0 unspecified atom stereocenters. The molecule has 108 valence electrons. The number of rotatable bonds is 4. The Morgan fingerprint density at radius 3 is 2.55 bits per heavy atom.